The minimum Gasteiger partial charge on any atom is -0.468 e. The van der Waals surface area contributed by atoms with Gasteiger partial charge < -0.3 is 33.4 Å². The fourth-order valence-corrected chi connectivity index (χ4v) is 3.65. The molecule has 7 heteroatoms. The van der Waals surface area contributed by atoms with Crippen LogP contribution in [0.25, 0.3) is 0 Å². The highest BCUT2D eigenvalue weighted by Gasteiger charge is 2.39. The van der Waals surface area contributed by atoms with Gasteiger partial charge in [0, 0.05) is 38.2 Å². The van der Waals surface area contributed by atoms with Gasteiger partial charge in [-0.1, -0.05) is 12.1 Å². The molecule has 2 aromatic rings. The van der Waals surface area contributed by atoms with Crippen molar-refractivity contribution < 1.29 is 28.8 Å². The molecule has 1 aromatic heterocycles. The zero-order chi connectivity index (χ0) is 20.9. The van der Waals surface area contributed by atoms with Crippen LogP contribution in [0.5, 0.6) is 5.75 Å². The molecule has 0 saturated carbocycles. The lowest BCUT2D eigenvalue weighted by molar-refractivity contribution is -0.154. The van der Waals surface area contributed by atoms with E-state index in [9.17, 15) is 5.11 Å². The first-order valence-electron chi connectivity index (χ1n) is 9.81. The molecule has 0 aliphatic carbocycles. The molecule has 1 N–H and O–H groups in total. The maximum Gasteiger partial charge on any atom is 0.188 e. The molecule has 29 heavy (non-hydrogen) atoms. The predicted molar refractivity (Wildman–Crippen MR) is 108 cm³/mol. The highest BCUT2D eigenvalue weighted by atomic mass is 16.7. The van der Waals surface area contributed by atoms with E-state index in [2.05, 4.69) is 4.57 Å². The fraction of sp³-hybridized carbons (Fsp3) is 0.545. The smallest absolute Gasteiger partial charge is 0.188 e. The van der Waals surface area contributed by atoms with Gasteiger partial charge in [0.25, 0.3) is 0 Å². The largest absolute Gasteiger partial charge is 0.468 e. The van der Waals surface area contributed by atoms with Crippen molar-refractivity contribution in [1.82, 2.24) is 4.57 Å². The lowest BCUT2D eigenvalue weighted by Crippen LogP contribution is -2.27. The second kappa shape index (κ2) is 9.73. The lowest BCUT2D eigenvalue weighted by atomic mass is 10.0. The highest BCUT2D eigenvalue weighted by molar-refractivity contribution is 5.28. The number of methoxy groups -OCH3 is 2. The minimum absolute atomic E-state index is 0.0665. The Bertz CT molecular complexity index is 770. The van der Waals surface area contributed by atoms with E-state index in [4.69, 9.17) is 23.7 Å². The van der Waals surface area contributed by atoms with E-state index in [0.717, 1.165) is 30.0 Å². The van der Waals surface area contributed by atoms with E-state index in [0.29, 0.717) is 6.61 Å². The van der Waals surface area contributed by atoms with Gasteiger partial charge in [-0.25, -0.2) is 0 Å². The summed E-state index contributed by atoms with van der Waals surface area (Å²) in [6, 6.07) is 9.94. The fourth-order valence-electron chi connectivity index (χ4n) is 3.65. The number of ether oxygens (including phenoxy) is 5. The summed E-state index contributed by atoms with van der Waals surface area (Å²) in [4.78, 5) is 0. The molecule has 1 unspecified atom stereocenters. The summed E-state index contributed by atoms with van der Waals surface area (Å²) < 4.78 is 29.8. The lowest BCUT2D eigenvalue weighted by Gasteiger charge is -2.24. The predicted octanol–water partition coefficient (Wildman–Crippen LogP) is 3.04. The second-order valence-electron chi connectivity index (χ2n) is 7.54. The molecule has 0 radical (unpaired) electrons. The number of aryl methyl sites for hydroxylation is 2. The van der Waals surface area contributed by atoms with E-state index >= 15 is 0 Å². The SMILES string of the molecule is COCOc1ccc(CCn2ccc([C@@H](OC)C3COC(C)(C)O3)c2CO)cc1. The summed E-state index contributed by atoms with van der Waals surface area (Å²) in [7, 11) is 3.25. The van der Waals surface area contributed by atoms with E-state index in [-0.39, 0.29) is 25.6 Å². The van der Waals surface area contributed by atoms with Crippen molar-refractivity contribution in [1.29, 1.82) is 0 Å². The average molecular weight is 405 g/mol. The van der Waals surface area contributed by atoms with Crippen LogP contribution < -0.4 is 4.74 Å². The van der Waals surface area contributed by atoms with E-state index < -0.39 is 5.79 Å². The maximum atomic E-state index is 10.0. The van der Waals surface area contributed by atoms with Gasteiger partial charge in [-0.15, -0.1) is 0 Å². The number of hydrogen-bond donors (Lipinski definition) is 1. The number of aliphatic hydroxyl groups is 1. The first-order chi connectivity index (χ1) is 14.0. The summed E-state index contributed by atoms with van der Waals surface area (Å²) in [6.07, 6.45) is 2.32. The van der Waals surface area contributed by atoms with Crippen LogP contribution in [0.15, 0.2) is 36.5 Å². The number of aromatic nitrogens is 1. The molecule has 0 spiro atoms. The molecule has 2 atom stereocenters. The number of benzene rings is 1. The van der Waals surface area contributed by atoms with Crippen molar-refractivity contribution in [3.8, 4) is 5.75 Å². The van der Waals surface area contributed by atoms with Gasteiger partial charge in [0.2, 0.25) is 0 Å². The highest BCUT2D eigenvalue weighted by Crippen LogP contribution is 2.34. The van der Waals surface area contributed by atoms with Gasteiger partial charge in [0.1, 0.15) is 18.0 Å². The topological polar surface area (TPSA) is 71.3 Å². The van der Waals surface area contributed by atoms with Crippen molar-refractivity contribution in [2.75, 3.05) is 27.6 Å². The van der Waals surface area contributed by atoms with Crippen molar-refractivity contribution in [3.63, 3.8) is 0 Å². The molecule has 1 saturated heterocycles. The van der Waals surface area contributed by atoms with Crippen LogP contribution in [-0.2, 0) is 38.5 Å². The third-order valence-electron chi connectivity index (χ3n) is 5.10. The van der Waals surface area contributed by atoms with Gasteiger partial charge in [-0.3, -0.25) is 0 Å². The monoisotopic (exact) mass is 405 g/mol. The minimum atomic E-state index is -0.622. The van der Waals surface area contributed by atoms with Crippen LogP contribution >= 0.6 is 0 Å². The Morgan fingerprint density at radius 2 is 1.97 bits per heavy atom. The Labute approximate surface area is 172 Å². The summed E-state index contributed by atoms with van der Waals surface area (Å²) in [6.45, 7) is 5.16. The molecular weight excluding hydrogens is 374 g/mol. The number of rotatable bonds is 10. The first-order valence-corrected chi connectivity index (χ1v) is 9.81. The molecule has 0 amide bonds. The Morgan fingerprint density at radius 3 is 2.55 bits per heavy atom. The third-order valence-corrected chi connectivity index (χ3v) is 5.10. The summed E-state index contributed by atoms with van der Waals surface area (Å²) in [5.74, 6) is 0.155. The average Bonchev–Trinajstić information content (AvgIpc) is 3.29. The van der Waals surface area contributed by atoms with Crippen molar-refractivity contribution in [2.45, 2.75) is 51.4 Å². The molecule has 160 valence electrons. The van der Waals surface area contributed by atoms with Crippen molar-refractivity contribution >= 4 is 0 Å². The summed E-state index contributed by atoms with van der Waals surface area (Å²) in [5.41, 5.74) is 2.96. The van der Waals surface area contributed by atoms with Crippen molar-refractivity contribution in [2.24, 2.45) is 0 Å². The van der Waals surface area contributed by atoms with E-state index in [1.54, 1.807) is 14.2 Å². The van der Waals surface area contributed by atoms with Crippen LogP contribution in [0.3, 0.4) is 0 Å². The molecular formula is C22H31NO6. The zero-order valence-corrected chi connectivity index (χ0v) is 17.6. The Balaban J connectivity index is 1.67. The number of hydrogen-bond acceptors (Lipinski definition) is 6. The maximum absolute atomic E-state index is 10.0. The molecule has 0 bridgehead atoms. The Hall–Kier alpha value is -1.90. The Kier molecular flexibility index (Phi) is 7.32. The first kappa shape index (κ1) is 21.8. The van der Waals surface area contributed by atoms with Gasteiger partial charge >= 0.3 is 0 Å². The molecule has 7 nitrogen and oxygen atoms in total. The number of aliphatic hydroxyl groups excluding tert-OH is 1. The summed E-state index contributed by atoms with van der Waals surface area (Å²) >= 11 is 0. The van der Waals surface area contributed by atoms with Crippen LogP contribution in [0.4, 0.5) is 0 Å². The normalized spacial score (nSPS) is 19.4. The van der Waals surface area contributed by atoms with Crippen LogP contribution in [0.1, 0.15) is 36.8 Å². The van der Waals surface area contributed by atoms with E-state index in [1.165, 1.54) is 5.56 Å². The Morgan fingerprint density at radius 1 is 1.21 bits per heavy atom. The van der Waals surface area contributed by atoms with Crippen LogP contribution in [0, 0.1) is 0 Å². The summed E-state index contributed by atoms with van der Waals surface area (Å²) in [5, 5.41) is 10.0. The quantitative estimate of drug-likeness (QED) is 0.613. The molecule has 2 heterocycles. The van der Waals surface area contributed by atoms with Crippen LogP contribution in [-0.4, -0.2) is 49.2 Å². The zero-order valence-electron chi connectivity index (χ0n) is 17.6. The molecule has 1 aliphatic rings. The van der Waals surface area contributed by atoms with E-state index in [1.807, 2.05) is 50.4 Å². The standard InChI is InChI=1S/C22H31NO6/c1-22(2)28-14-20(29-22)21(26-4)18-10-12-23(19(18)13-24)11-9-16-5-7-17(8-6-16)27-15-25-3/h5-8,10,12,20-21,24H,9,11,13-15H2,1-4H3/t20?,21-/m1/s1. The van der Waals surface area contributed by atoms with Crippen LogP contribution in [0.2, 0.25) is 0 Å². The van der Waals surface area contributed by atoms with Gasteiger partial charge in [0.05, 0.1) is 13.2 Å². The third kappa shape index (κ3) is 5.38. The second-order valence-corrected chi connectivity index (χ2v) is 7.54. The molecule has 1 aromatic carbocycles. The molecule has 1 fully saturated rings. The van der Waals surface area contributed by atoms with Gasteiger partial charge in [0.15, 0.2) is 12.6 Å². The molecule has 1 aliphatic heterocycles. The number of nitrogens with zero attached hydrogens (tertiary/aromatic N) is 1. The van der Waals surface area contributed by atoms with Crippen molar-refractivity contribution in [3.05, 3.63) is 53.3 Å². The van der Waals surface area contributed by atoms with Gasteiger partial charge in [-0.2, -0.15) is 0 Å². The van der Waals surface area contributed by atoms with Gasteiger partial charge in [-0.05, 0) is 44.0 Å². The molecule has 3 rings (SSSR count).